The number of imidazole rings is 1. The van der Waals surface area contributed by atoms with E-state index in [-0.39, 0.29) is 5.54 Å². The molecule has 1 unspecified atom stereocenters. The Bertz CT molecular complexity index is 347. The molecule has 0 aliphatic heterocycles. The summed E-state index contributed by atoms with van der Waals surface area (Å²) < 4.78 is 2.12. The van der Waals surface area contributed by atoms with E-state index in [2.05, 4.69) is 56.5 Å². The molecule has 3 nitrogen and oxygen atoms in total. The Morgan fingerprint density at radius 2 is 2.00 bits per heavy atom. The lowest BCUT2D eigenvalue weighted by molar-refractivity contribution is 0.297. The molecule has 0 aliphatic rings. The molecule has 0 bridgehead atoms. The molecule has 0 saturated carbocycles. The van der Waals surface area contributed by atoms with Gasteiger partial charge in [0.2, 0.25) is 0 Å². The van der Waals surface area contributed by atoms with Gasteiger partial charge in [0.05, 0.1) is 0 Å². The lowest BCUT2D eigenvalue weighted by atomic mass is 9.90. The molecule has 0 radical (unpaired) electrons. The summed E-state index contributed by atoms with van der Waals surface area (Å²) in [6, 6.07) is 0. The number of aromatic nitrogens is 2. The Morgan fingerprint density at radius 1 is 1.33 bits per heavy atom. The van der Waals surface area contributed by atoms with Crippen molar-refractivity contribution in [3.63, 3.8) is 0 Å². The zero-order valence-electron chi connectivity index (χ0n) is 12.8. The number of hydrogen-bond acceptors (Lipinski definition) is 2. The van der Waals surface area contributed by atoms with Crippen LogP contribution >= 0.6 is 0 Å². The number of aryl methyl sites for hydroxylation is 2. The minimum Gasteiger partial charge on any atom is -0.338 e. The van der Waals surface area contributed by atoms with Crippen LogP contribution in [0.3, 0.4) is 0 Å². The van der Waals surface area contributed by atoms with E-state index in [0.717, 1.165) is 13.0 Å². The SMILES string of the molecule is CC(C)C(CCc1nccn1C)CNC(C)(C)C. The topological polar surface area (TPSA) is 29.9 Å². The summed E-state index contributed by atoms with van der Waals surface area (Å²) in [6.07, 6.45) is 6.17. The number of nitrogens with zero attached hydrogens (tertiary/aromatic N) is 2. The molecule has 0 amide bonds. The standard InChI is InChI=1S/C15H29N3/c1-12(2)13(11-17-15(3,4)5)7-8-14-16-9-10-18(14)6/h9-10,12-13,17H,7-8,11H2,1-6H3. The third kappa shape index (κ3) is 5.21. The lowest BCUT2D eigenvalue weighted by Gasteiger charge is -2.27. The Kier molecular flexibility index (Phi) is 5.39. The fraction of sp³-hybridized carbons (Fsp3) is 0.800. The highest BCUT2D eigenvalue weighted by Gasteiger charge is 2.17. The first-order valence-corrected chi connectivity index (χ1v) is 7.01. The fourth-order valence-corrected chi connectivity index (χ4v) is 2.06. The second kappa shape index (κ2) is 6.37. The van der Waals surface area contributed by atoms with Crippen molar-refractivity contribution in [1.82, 2.24) is 14.9 Å². The molecule has 1 aromatic heterocycles. The average molecular weight is 251 g/mol. The molecule has 1 aromatic rings. The monoisotopic (exact) mass is 251 g/mol. The van der Waals surface area contributed by atoms with Crippen molar-refractivity contribution in [2.75, 3.05) is 6.54 Å². The number of hydrogen-bond donors (Lipinski definition) is 1. The van der Waals surface area contributed by atoms with E-state index in [4.69, 9.17) is 0 Å². The molecule has 0 saturated heterocycles. The second-order valence-corrected chi connectivity index (χ2v) is 6.63. The molecular weight excluding hydrogens is 222 g/mol. The quantitative estimate of drug-likeness (QED) is 0.842. The van der Waals surface area contributed by atoms with Crippen molar-refractivity contribution in [2.24, 2.45) is 18.9 Å². The van der Waals surface area contributed by atoms with Gasteiger partial charge < -0.3 is 9.88 Å². The van der Waals surface area contributed by atoms with Gasteiger partial charge in [0, 0.05) is 31.4 Å². The van der Waals surface area contributed by atoms with Crippen molar-refractivity contribution in [3.05, 3.63) is 18.2 Å². The van der Waals surface area contributed by atoms with E-state index < -0.39 is 0 Å². The van der Waals surface area contributed by atoms with Crippen LogP contribution in [0.5, 0.6) is 0 Å². The maximum Gasteiger partial charge on any atom is 0.108 e. The summed E-state index contributed by atoms with van der Waals surface area (Å²) >= 11 is 0. The molecular formula is C15H29N3. The Hall–Kier alpha value is -0.830. The number of nitrogens with one attached hydrogen (secondary N) is 1. The van der Waals surface area contributed by atoms with E-state index in [1.54, 1.807) is 0 Å². The maximum atomic E-state index is 4.40. The first kappa shape index (κ1) is 15.2. The molecule has 0 aromatic carbocycles. The summed E-state index contributed by atoms with van der Waals surface area (Å²) in [5.74, 6) is 2.61. The van der Waals surface area contributed by atoms with Gasteiger partial charge in [-0.1, -0.05) is 13.8 Å². The molecule has 1 atom stereocenters. The normalized spacial score (nSPS) is 14.2. The molecule has 0 fully saturated rings. The van der Waals surface area contributed by atoms with Gasteiger partial charge >= 0.3 is 0 Å². The van der Waals surface area contributed by atoms with Crippen LogP contribution in [-0.4, -0.2) is 21.6 Å². The van der Waals surface area contributed by atoms with Crippen LogP contribution < -0.4 is 5.32 Å². The first-order valence-electron chi connectivity index (χ1n) is 7.01. The zero-order valence-corrected chi connectivity index (χ0v) is 12.8. The van der Waals surface area contributed by atoms with Gasteiger partial charge in [0.25, 0.3) is 0 Å². The van der Waals surface area contributed by atoms with Gasteiger partial charge in [0.1, 0.15) is 5.82 Å². The van der Waals surface area contributed by atoms with Crippen LogP contribution in [0.1, 0.15) is 46.9 Å². The van der Waals surface area contributed by atoms with Gasteiger partial charge in [0.15, 0.2) is 0 Å². The van der Waals surface area contributed by atoms with Gasteiger partial charge in [-0.15, -0.1) is 0 Å². The van der Waals surface area contributed by atoms with E-state index in [1.165, 1.54) is 12.2 Å². The molecule has 1 N–H and O–H groups in total. The summed E-state index contributed by atoms with van der Waals surface area (Å²) in [4.78, 5) is 4.40. The van der Waals surface area contributed by atoms with Crippen molar-refractivity contribution >= 4 is 0 Å². The molecule has 3 heteroatoms. The van der Waals surface area contributed by atoms with E-state index in [9.17, 15) is 0 Å². The Morgan fingerprint density at radius 3 is 2.44 bits per heavy atom. The second-order valence-electron chi connectivity index (χ2n) is 6.63. The summed E-state index contributed by atoms with van der Waals surface area (Å²) in [7, 11) is 2.07. The maximum absolute atomic E-state index is 4.40. The fourth-order valence-electron chi connectivity index (χ4n) is 2.06. The lowest BCUT2D eigenvalue weighted by Crippen LogP contribution is -2.40. The van der Waals surface area contributed by atoms with E-state index >= 15 is 0 Å². The van der Waals surface area contributed by atoms with Crippen LogP contribution in [-0.2, 0) is 13.5 Å². The van der Waals surface area contributed by atoms with Crippen LogP contribution in [0.4, 0.5) is 0 Å². The first-order chi connectivity index (χ1) is 8.29. The summed E-state index contributed by atoms with van der Waals surface area (Å²) in [5.41, 5.74) is 0.205. The highest BCUT2D eigenvalue weighted by molar-refractivity contribution is 4.92. The predicted molar refractivity (Wildman–Crippen MR) is 77.6 cm³/mol. The summed E-state index contributed by atoms with van der Waals surface area (Å²) in [6.45, 7) is 12.4. The minimum absolute atomic E-state index is 0.205. The largest absolute Gasteiger partial charge is 0.338 e. The van der Waals surface area contributed by atoms with Crippen molar-refractivity contribution in [3.8, 4) is 0 Å². The van der Waals surface area contributed by atoms with Crippen LogP contribution in [0.25, 0.3) is 0 Å². The Balaban J connectivity index is 2.46. The predicted octanol–water partition coefficient (Wildman–Crippen LogP) is 3.01. The van der Waals surface area contributed by atoms with Crippen LogP contribution in [0.2, 0.25) is 0 Å². The third-order valence-corrected chi connectivity index (χ3v) is 3.50. The van der Waals surface area contributed by atoms with Crippen molar-refractivity contribution in [2.45, 2.75) is 53.0 Å². The Labute approximate surface area is 112 Å². The van der Waals surface area contributed by atoms with Gasteiger partial charge in [-0.3, -0.25) is 0 Å². The highest BCUT2D eigenvalue weighted by Crippen LogP contribution is 2.18. The van der Waals surface area contributed by atoms with Crippen molar-refractivity contribution in [1.29, 1.82) is 0 Å². The average Bonchev–Trinajstić information content (AvgIpc) is 2.62. The molecule has 0 aliphatic carbocycles. The van der Waals surface area contributed by atoms with E-state index in [0.29, 0.717) is 11.8 Å². The third-order valence-electron chi connectivity index (χ3n) is 3.50. The molecule has 18 heavy (non-hydrogen) atoms. The van der Waals surface area contributed by atoms with Crippen molar-refractivity contribution < 1.29 is 0 Å². The smallest absolute Gasteiger partial charge is 0.108 e. The number of rotatable bonds is 6. The van der Waals surface area contributed by atoms with Gasteiger partial charge in [-0.25, -0.2) is 4.98 Å². The van der Waals surface area contributed by atoms with Crippen LogP contribution in [0.15, 0.2) is 12.4 Å². The molecule has 1 rings (SSSR count). The zero-order chi connectivity index (χ0) is 13.8. The summed E-state index contributed by atoms with van der Waals surface area (Å²) in [5, 5.41) is 3.62. The van der Waals surface area contributed by atoms with E-state index in [1.807, 2.05) is 12.4 Å². The van der Waals surface area contributed by atoms with Gasteiger partial charge in [-0.2, -0.15) is 0 Å². The minimum atomic E-state index is 0.205. The van der Waals surface area contributed by atoms with Crippen LogP contribution in [0, 0.1) is 11.8 Å². The molecule has 0 spiro atoms. The highest BCUT2D eigenvalue weighted by atomic mass is 15.0. The van der Waals surface area contributed by atoms with Gasteiger partial charge in [-0.05, 0) is 45.6 Å². The molecule has 104 valence electrons. The molecule has 1 heterocycles.